The molecule has 0 bridgehead atoms. The average Bonchev–Trinajstić information content (AvgIpc) is 2.65. The minimum atomic E-state index is -0.0604. The molecule has 1 aromatic rings. The molecule has 2 aliphatic heterocycles. The summed E-state index contributed by atoms with van der Waals surface area (Å²) in [6, 6.07) is 7.60. The standard InChI is InChI=1S/C20H29ClN4O2/c1-16-6-4-5-9-25(16)20(27)15-24-12-10-23(11-13-24)14-19(26)22-18-8-3-2-7-17(18)21/h2-3,7-8,16H,4-6,9-15H2,1H3,(H,22,26)/t16-/m1/s1. The molecule has 2 heterocycles. The number of hydrogen-bond donors (Lipinski definition) is 1. The third-order valence-electron chi connectivity index (χ3n) is 5.46. The summed E-state index contributed by atoms with van der Waals surface area (Å²) >= 11 is 6.08. The topological polar surface area (TPSA) is 55.9 Å². The molecule has 148 valence electrons. The number of carbonyl (C=O) groups excluding carboxylic acids is 2. The number of piperazine rings is 1. The van der Waals surface area contributed by atoms with Gasteiger partial charge in [0.15, 0.2) is 0 Å². The van der Waals surface area contributed by atoms with Crippen molar-refractivity contribution in [3.63, 3.8) is 0 Å². The van der Waals surface area contributed by atoms with E-state index in [1.54, 1.807) is 12.1 Å². The van der Waals surface area contributed by atoms with Crippen molar-refractivity contribution in [2.24, 2.45) is 0 Å². The van der Waals surface area contributed by atoms with Crippen molar-refractivity contribution in [2.45, 2.75) is 32.2 Å². The van der Waals surface area contributed by atoms with Crippen LogP contribution in [0.5, 0.6) is 0 Å². The largest absolute Gasteiger partial charge is 0.339 e. The second kappa shape index (κ2) is 9.53. The predicted molar refractivity (Wildman–Crippen MR) is 108 cm³/mol. The van der Waals surface area contributed by atoms with Crippen LogP contribution in [0.15, 0.2) is 24.3 Å². The van der Waals surface area contributed by atoms with Crippen molar-refractivity contribution in [1.82, 2.24) is 14.7 Å². The first-order chi connectivity index (χ1) is 13.0. The van der Waals surface area contributed by atoms with Gasteiger partial charge in [-0.3, -0.25) is 19.4 Å². The fourth-order valence-electron chi connectivity index (χ4n) is 3.81. The van der Waals surface area contributed by atoms with E-state index in [4.69, 9.17) is 11.6 Å². The van der Waals surface area contributed by atoms with Gasteiger partial charge in [0.05, 0.1) is 23.8 Å². The highest BCUT2D eigenvalue weighted by Crippen LogP contribution is 2.20. The Morgan fingerprint density at radius 3 is 2.37 bits per heavy atom. The van der Waals surface area contributed by atoms with Crippen molar-refractivity contribution >= 4 is 29.1 Å². The van der Waals surface area contributed by atoms with Gasteiger partial charge < -0.3 is 10.2 Å². The summed E-state index contributed by atoms with van der Waals surface area (Å²) < 4.78 is 0. The lowest BCUT2D eigenvalue weighted by Gasteiger charge is -2.37. The number of nitrogens with zero attached hydrogens (tertiary/aromatic N) is 3. The van der Waals surface area contributed by atoms with Crippen LogP contribution < -0.4 is 5.32 Å². The van der Waals surface area contributed by atoms with Crippen molar-refractivity contribution < 1.29 is 9.59 Å². The molecule has 2 amide bonds. The highest BCUT2D eigenvalue weighted by Gasteiger charge is 2.26. The minimum Gasteiger partial charge on any atom is -0.339 e. The molecule has 0 spiro atoms. The molecule has 0 aromatic heterocycles. The maximum Gasteiger partial charge on any atom is 0.238 e. The van der Waals surface area contributed by atoms with Crippen LogP contribution in [0.25, 0.3) is 0 Å². The highest BCUT2D eigenvalue weighted by atomic mass is 35.5. The van der Waals surface area contributed by atoms with Crippen LogP contribution in [0.2, 0.25) is 5.02 Å². The molecule has 1 N–H and O–H groups in total. The van der Waals surface area contributed by atoms with Crippen LogP contribution in [-0.4, -0.2) is 78.4 Å². The Hall–Kier alpha value is -1.63. The molecule has 3 rings (SSSR count). The molecule has 6 nitrogen and oxygen atoms in total. The number of rotatable bonds is 5. The predicted octanol–water partition coefficient (Wildman–Crippen LogP) is 2.30. The number of benzene rings is 1. The first kappa shape index (κ1) is 20.1. The molecule has 2 aliphatic rings. The number of anilines is 1. The average molecular weight is 393 g/mol. The molecule has 27 heavy (non-hydrogen) atoms. The van der Waals surface area contributed by atoms with Crippen LogP contribution in [-0.2, 0) is 9.59 Å². The maximum atomic E-state index is 12.6. The van der Waals surface area contributed by atoms with Gasteiger partial charge in [-0.05, 0) is 38.3 Å². The Bertz CT molecular complexity index is 661. The lowest BCUT2D eigenvalue weighted by molar-refractivity contribution is -0.136. The second-order valence-corrected chi connectivity index (χ2v) is 7.92. The van der Waals surface area contributed by atoms with E-state index < -0.39 is 0 Å². The Kier molecular flexibility index (Phi) is 7.10. The number of carbonyl (C=O) groups is 2. The molecule has 0 radical (unpaired) electrons. The van der Waals surface area contributed by atoms with E-state index in [0.29, 0.717) is 29.8 Å². The molecule has 0 saturated carbocycles. The zero-order valence-corrected chi connectivity index (χ0v) is 16.7. The van der Waals surface area contributed by atoms with Crippen molar-refractivity contribution in [1.29, 1.82) is 0 Å². The van der Waals surface area contributed by atoms with E-state index >= 15 is 0 Å². The number of likely N-dealkylation sites (tertiary alicyclic amines) is 1. The van der Waals surface area contributed by atoms with Crippen LogP contribution in [0, 0.1) is 0 Å². The van der Waals surface area contributed by atoms with Gasteiger partial charge in [-0.2, -0.15) is 0 Å². The quantitative estimate of drug-likeness (QED) is 0.835. The zero-order valence-electron chi connectivity index (χ0n) is 16.0. The second-order valence-electron chi connectivity index (χ2n) is 7.51. The van der Waals surface area contributed by atoms with E-state index in [0.717, 1.165) is 45.6 Å². The van der Waals surface area contributed by atoms with Crippen LogP contribution in [0.1, 0.15) is 26.2 Å². The van der Waals surface area contributed by atoms with Gasteiger partial charge in [0.1, 0.15) is 0 Å². The minimum absolute atomic E-state index is 0.0604. The van der Waals surface area contributed by atoms with Gasteiger partial charge >= 0.3 is 0 Å². The fourth-order valence-corrected chi connectivity index (χ4v) is 3.99. The maximum absolute atomic E-state index is 12.6. The molecule has 1 aromatic carbocycles. The Morgan fingerprint density at radius 2 is 1.70 bits per heavy atom. The summed E-state index contributed by atoms with van der Waals surface area (Å²) in [6.07, 6.45) is 3.45. The van der Waals surface area contributed by atoms with E-state index in [9.17, 15) is 9.59 Å². The molecule has 7 heteroatoms. The molecular formula is C20H29ClN4O2. The first-order valence-corrected chi connectivity index (χ1v) is 10.2. The SMILES string of the molecule is C[C@@H]1CCCCN1C(=O)CN1CCN(CC(=O)Nc2ccccc2Cl)CC1. The normalized spacial score (nSPS) is 21.9. The van der Waals surface area contributed by atoms with Gasteiger partial charge in [-0.1, -0.05) is 23.7 Å². The van der Waals surface area contributed by atoms with Gasteiger partial charge in [0.25, 0.3) is 0 Å². The summed E-state index contributed by atoms with van der Waals surface area (Å²) in [5.74, 6) is 0.182. The van der Waals surface area contributed by atoms with Crippen molar-refractivity contribution in [2.75, 3.05) is 51.1 Å². The Balaban J connectivity index is 1.40. The third kappa shape index (κ3) is 5.67. The fraction of sp³-hybridized carbons (Fsp3) is 0.600. The van der Waals surface area contributed by atoms with Gasteiger partial charge in [-0.15, -0.1) is 0 Å². The van der Waals surface area contributed by atoms with E-state index in [1.165, 1.54) is 6.42 Å². The molecule has 0 unspecified atom stereocenters. The van der Waals surface area contributed by atoms with Crippen molar-refractivity contribution in [3.8, 4) is 0 Å². The van der Waals surface area contributed by atoms with E-state index in [1.807, 2.05) is 17.0 Å². The molecule has 0 aliphatic carbocycles. The van der Waals surface area contributed by atoms with Crippen LogP contribution >= 0.6 is 11.6 Å². The highest BCUT2D eigenvalue weighted by molar-refractivity contribution is 6.33. The smallest absolute Gasteiger partial charge is 0.238 e. The Morgan fingerprint density at radius 1 is 1.04 bits per heavy atom. The van der Waals surface area contributed by atoms with Gasteiger partial charge in [0, 0.05) is 38.8 Å². The number of piperidine rings is 1. The summed E-state index contributed by atoms with van der Waals surface area (Å²) in [6.45, 7) is 7.08. The molecule has 2 fully saturated rings. The Labute approximate surface area is 166 Å². The number of nitrogens with one attached hydrogen (secondary N) is 1. The summed E-state index contributed by atoms with van der Waals surface area (Å²) in [5.41, 5.74) is 0.643. The monoisotopic (exact) mass is 392 g/mol. The molecule has 2 saturated heterocycles. The lowest BCUT2D eigenvalue weighted by atomic mass is 10.0. The molecular weight excluding hydrogens is 364 g/mol. The lowest BCUT2D eigenvalue weighted by Crippen LogP contribution is -2.53. The number of halogens is 1. The van der Waals surface area contributed by atoms with Crippen LogP contribution in [0.3, 0.4) is 0 Å². The number of amides is 2. The summed E-state index contributed by atoms with van der Waals surface area (Å²) in [7, 11) is 0. The first-order valence-electron chi connectivity index (χ1n) is 9.81. The van der Waals surface area contributed by atoms with E-state index in [-0.39, 0.29) is 11.8 Å². The zero-order chi connectivity index (χ0) is 19.2. The van der Waals surface area contributed by atoms with Gasteiger partial charge in [-0.25, -0.2) is 0 Å². The summed E-state index contributed by atoms with van der Waals surface area (Å²) in [4.78, 5) is 31.2. The van der Waals surface area contributed by atoms with E-state index in [2.05, 4.69) is 22.0 Å². The third-order valence-corrected chi connectivity index (χ3v) is 5.79. The summed E-state index contributed by atoms with van der Waals surface area (Å²) in [5, 5.41) is 3.40. The van der Waals surface area contributed by atoms with Crippen LogP contribution in [0.4, 0.5) is 5.69 Å². The number of hydrogen-bond acceptors (Lipinski definition) is 4. The number of para-hydroxylation sites is 1. The van der Waals surface area contributed by atoms with Crippen molar-refractivity contribution in [3.05, 3.63) is 29.3 Å². The molecule has 1 atom stereocenters. The van der Waals surface area contributed by atoms with Gasteiger partial charge in [0.2, 0.25) is 11.8 Å².